The molecular weight excluding hydrogens is 198 g/mol. The zero-order valence-corrected chi connectivity index (χ0v) is 9.30. The largest absolute Gasteiger partial charge is 0.389 e. The van der Waals surface area contributed by atoms with Crippen molar-refractivity contribution in [2.24, 2.45) is 0 Å². The number of hydrogen-bond donors (Lipinski definition) is 1. The Morgan fingerprint density at radius 2 is 1.94 bits per heavy atom. The molecule has 0 bridgehead atoms. The molecule has 0 aliphatic rings. The van der Waals surface area contributed by atoms with Gasteiger partial charge in [-0.25, -0.2) is 0 Å². The zero-order valence-electron chi connectivity index (χ0n) is 9.30. The standard InChI is InChI=1S/C14H15NO/c1-11(16)13-7-8-15-14(10-13)9-12-5-3-2-4-6-12/h2-8,10-11,16H,9H2,1H3. The Bertz CT molecular complexity index is 451. The predicted molar refractivity (Wildman–Crippen MR) is 64.1 cm³/mol. The second-order valence-electron chi connectivity index (χ2n) is 3.92. The van der Waals surface area contributed by atoms with E-state index in [1.165, 1.54) is 5.56 Å². The fourth-order valence-corrected chi connectivity index (χ4v) is 1.66. The number of aromatic nitrogens is 1. The Hall–Kier alpha value is -1.67. The van der Waals surface area contributed by atoms with Crippen LogP contribution in [0.4, 0.5) is 0 Å². The van der Waals surface area contributed by atoms with E-state index in [-0.39, 0.29) is 0 Å². The quantitative estimate of drug-likeness (QED) is 0.850. The summed E-state index contributed by atoms with van der Waals surface area (Å²) in [5.41, 5.74) is 3.14. The highest BCUT2D eigenvalue weighted by molar-refractivity contribution is 5.25. The van der Waals surface area contributed by atoms with E-state index in [4.69, 9.17) is 0 Å². The summed E-state index contributed by atoms with van der Waals surface area (Å²) in [6.45, 7) is 1.77. The van der Waals surface area contributed by atoms with E-state index in [9.17, 15) is 5.11 Å². The van der Waals surface area contributed by atoms with Gasteiger partial charge in [-0.15, -0.1) is 0 Å². The molecule has 0 spiro atoms. The van der Waals surface area contributed by atoms with Gasteiger partial charge < -0.3 is 5.11 Å². The molecule has 16 heavy (non-hydrogen) atoms. The summed E-state index contributed by atoms with van der Waals surface area (Å²) in [4.78, 5) is 4.31. The molecule has 0 radical (unpaired) electrons. The monoisotopic (exact) mass is 213 g/mol. The maximum atomic E-state index is 9.49. The van der Waals surface area contributed by atoms with Crippen molar-refractivity contribution in [2.45, 2.75) is 19.4 Å². The number of aliphatic hydroxyl groups excluding tert-OH is 1. The third-order valence-corrected chi connectivity index (χ3v) is 2.55. The third-order valence-electron chi connectivity index (χ3n) is 2.55. The molecule has 2 heteroatoms. The first-order valence-electron chi connectivity index (χ1n) is 5.42. The maximum absolute atomic E-state index is 9.49. The van der Waals surface area contributed by atoms with Gasteiger partial charge in [0.05, 0.1) is 6.10 Å². The van der Waals surface area contributed by atoms with Crippen molar-refractivity contribution < 1.29 is 5.11 Å². The van der Waals surface area contributed by atoms with E-state index >= 15 is 0 Å². The average Bonchev–Trinajstić information content (AvgIpc) is 2.30. The van der Waals surface area contributed by atoms with Gasteiger partial charge in [0.15, 0.2) is 0 Å². The predicted octanol–water partition coefficient (Wildman–Crippen LogP) is 2.73. The molecule has 1 atom stereocenters. The van der Waals surface area contributed by atoms with Crippen LogP contribution in [0.5, 0.6) is 0 Å². The zero-order chi connectivity index (χ0) is 11.4. The van der Waals surface area contributed by atoms with Crippen molar-refractivity contribution >= 4 is 0 Å². The van der Waals surface area contributed by atoms with Crippen molar-refractivity contribution in [3.05, 3.63) is 65.5 Å². The topological polar surface area (TPSA) is 33.1 Å². The van der Waals surface area contributed by atoms with Gasteiger partial charge in [0.1, 0.15) is 0 Å². The Morgan fingerprint density at radius 1 is 1.19 bits per heavy atom. The van der Waals surface area contributed by atoms with Gasteiger partial charge in [-0.2, -0.15) is 0 Å². The number of pyridine rings is 1. The van der Waals surface area contributed by atoms with Crippen LogP contribution in [0.3, 0.4) is 0 Å². The van der Waals surface area contributed by atoms with Crippen molar-refractivity contribution in [3.8, 4) is 0 Å². The lowest BCUT2D eigenvalue weighted by atomic mass is 10.1. The van der Waals surface area contributed by atoms with E-state index in [1.807, 2.05) is 30.3 Å². The van der Waals surface area contributed by atoms with Gasteiger partial charge in [-0.3, -0.25) is 4.98 Å². The summed E-state index contributed by atoms with van der Waals surface area (Å²) >= 11 is 0. The second-order valence-corrected chi connectivity index (χ2v) is 3.92. The Kier molecular flexibility index (Phi) is 3.32. The Labute approximate surface area is 95.6 Å². The lowest BCUT2D eigenvalue weighted by Gasteiger charge is -2.06. The number of aliphatic hydroxyl groups is 1. The molecule has 2 rings (SSSR count). The number of benzene rings is 1. The minimum Gasteiger partial charge on any atom is -0.389 e. The van der Waals surface area contributed by atoms with Crippen LogP contribution in [-0.4, -0.2) is 10.1 Å². The molecule has 0 saturated carbocycles. The summed E-state index contributed by atoms with van der Waals surface area (Å²) < 4.78 is 0. The number of nitrogens with zero attached hydrogens (tertiary/aromatic N) is 1. The highest BCUT2D eigenvalue weighted by atomic mass is 16.3. The first-order chi connectivity index (χ1) is 7.75. The molecule has 1 aromatic heterocycles. The van der Waals surface area contributed by atoms with Gasteiger partial charge in [0, 0.05) is 18.3 Å². The molecular formula is C14H15NO. The van der Waals surface area contributed by atoms with Gasteiger partial charge in [-0.05, 0) is 30.2 Å². The average molecular weight is 213 g/mol. The first kappa shape index (κ1) is 10.8. The van der Waals surface area contributed by atoms with Gasteiger partial charge in [-0.1, -0.05) is 30.3 Å². The highest BCUT2D eigenvalue weighted by Crippen LogP contribution is 2.14. The first-order valence-corrected chi connectivity index (χ1v) is 5.42. The highest BCUT2D eigenvalue weighted by Gasteiger charge is 2.03. The van der Waals surface area contributed by atoms with Crippen LogP contribution in [0.2, 0.25) is 0 Å². The molecule has 1 unspecified atom stereocenters. The molecule has 0 fully saturated rings. The summed E-state index contributed by atoms with van der Waals surface area (Å²) in [7, 11) is 0. The van der Waals surface area contributed by atoms with Crippen LogP contribution in [0.25, 0.3) is 0 Å². The molecule has 1 N–H and O–H groups in total. The number of rotatable bonds is 3. The van der Waals surface area contributed by atoms with E-state index in [2.05, 4.69) is 17.1 Å². The summed E-state index contributed by atoms with van der Waals surface area (Å²) in [5, 5.41) is 9.49. The molecule has 2 nitrogen and oxygen atoms in total. The molecule has 0 saturated heterocycles. The van der Waals surface area contributed by atoms with Crippen LogP contribution in [0.1, 0.15) is 29.8 Å². The van der Waals surface area contributed by atoms with Gasteiger partial charge >= 0.3 is 0 Å². The van der Waals surface area contributed by atoms with E-state index in [0.29, 0.717) is 0 Å². The minimum absolute atomic E-state index is 0.433. The van der Waals surface area contributed by atoms with Gasteiger partial charge in [0.2, 0.25) is 0 Å². The van der Waals surface area contributed by atoms with Crippen molar-refractivity contribution in [1.82, 2.24) is 4.98 Å². The molecule has 0 aliphatic carbocycles. The van der Waals surface area contributed by atoms with E-state index < -0.39 is 6.10 Å². The molecule has 1 heterocycles. The Morgan fingerprint density at radius 3 is 2.62 bits per heavy atom. The molecule has 0 amide bonds. The molecule has 2 aromatic rings. The van der Waals surface area contributed by atoms with Crippen LogP contribution >= 0.6 is 0 Å². The summed E-state index contributed by atoms with van der Waals surface area (Å²) in [6.07, 6.45) is 2.12. The molecule has 1 aromatic carbocycles. The smallest absolute Gasteiger partial charge is 0.0763 e. The van der Waals surface area contributed by atoms with Gasteiger partial charge in [0.25, 0.3) is 0 Å². The number of hydrogen-bond acceptors (Lipinski definition) is 2. The van der Waals surface area contributed by atoms with Crippen LogP contribution in [-0.2, 0) is 6.42 Å². The lowest BCUT2D eigenvalue weighted by molar-refractivity contribution is 0.199. The summed E-state index contributed by atoms with van der Waals surface area (Å²) in [5.74, 6) is 0. The Balaban J connectivity index is 2.19. The fraction of sp³-hybridized carbons (Fsp3) is 0.214. The van der Waals surface area contributed by atoms with Crippen molar-refractivity contribution in [1.29, 1.82) is 0 Å². The second kappa shape index (κ2) is 4.90. The summed E-state index contributed by atoms with van der Waals surface area (Å²) in [6, 6.07) is 14.0. The van der Waals surface area contributed by atoms with Crippen molar-refractivity contribution in [2.75, 3.05) is 0 Å². The molecule has 82 valence electrons. The van der Waals surface area contributed by atoms with Crippen LogP contribution in [0.15, 0.2) is 48.7 Å². The van der Waals surface area contributed by atoms with E-state index in [0.717, 1.165) is 17.7 Å². The normalized spacial score (nSPS) is 12.4. The minimum atomic E-state index is -0.433. The maximum Gasteiger partial charge on any atom is 0.0763 e. The third kappa shape index (κ3) is 2.67. The van der Waals surface area contributed by atoms with Crippen LogP contribution < -0.4 is 0 Å². The van der Waals surface area contributed by atoms with Crippen LogP contribution in [0, 0.1) is 0 Å². The fourth-order valence-electron chi connectivity index (χ4n) is 1.66. The van der Waals surface area contributed by atoms with E-state index in [1.54, 1.807) is 13.1 Å². The van der Waals surface area contributed by atoms with Crippen molar-refractivity contribution in [3.63, 3.8) is 0 Å². The molecule has 0 aliphatic heterocycles. The lowest BCUT2D eigenvalue weighted by Crippen LogP contribution is -1.96. The SMILES string of the molecule is CC(O)c1ccnc(Cc2ccccc2)c1.